The molecular weight excluding hydrogens is 607 g/mol. The van der Waals surface area contributed by atoms with Crippen molar-refractivity contribution in [2.75, 3.05) is 9.80 Å². The van der Waals surface area contributed by atoms with E-state index in [4.69, 9.17) is 4.42 Å². The zero-order valence-electron chi connectivity index (χ0n) is 25.9. The van der Waals surface area contributed by atoms with Crippen LogP contribution in [0.3, 0.4) is 0 Å². The van der Waals surface area contributed by atoms with E-state index in [1.54, 1.807) is 11.3 Å². The Labute approximate surface area is 282 Å². The molecule has 0 bridgehead atoms. The van der Waals surface area contributed by atoms with Crippen LogP contribution in [-0.4, -0.2) is 4.98 Å². The molecule has 0 saturated heterocycles. The largest absolute Gasteiger partial charge is 0.456 e. The van der Waals surface area contributed by atoms with Crippen molar-refractivity contribution in [1.82, 2.24) is 4.98 Å². The highest BCUT2D eigenvalue weighted by molar-refractivity contribution is 7.16. The summed E-state index contributed by atoms with van der Waals surface area (Å²) in [6.07, 6.45) is 0. The molecule has 0 fully saturated rings. The highest BCUT2D eigenvalue weighted by Crippen LogP contribution is 2.46. The lowest BCUT2D eigenvalue weighted by atomic mass is 9.96. The zero-order chi connectivity index (χ0) is 31.9. The van der Waals surface area contributed by atoms with E-state index in [0.29, 0.717) is 0 Å². The lowest BCUT2D eigenvalue weighted by molar-refractivity contribution is 0.669. The summed E-state index contributed by atoms with van der Waals surface area (Å²) in [5, 5.41) is 2.15. The van der Waals surface area contributed by atoms with E-state index >= 15 is 0 Å². The lowest BCUT2D eigenvalue weighted by Crippen LogP contribution is -2.11. The Morgan fingerprint density at radius 2 is 1.06 bits per heavy atom. The highest BCUT2D eigenvalue weighted by atomic mass is 32.1. The number of anilines is 6. The molecule has 0 aliphatic rings. The molecule has 228 valence electrons. The van der Waals surface area contributed by atoms with Gasteiger partial charge in [-0.05, 0) is 90.5 Å². The molecule has 0 unspecified atom stereocenters. The third-order valence-electron chi connectivity index (χ3n) is 8.79. The smallest absolute Gasteiger partial charge is 0.136 e. The summed E-state index contributed by atoms with van der Waals surface area (Å²) in [6, 6.07) is 59.6. The molecule has 5 heteroatoms. The summed E-state index contributed by atoms with van der Waals surface area (Å²) >= 11 is 1.66. The fourth-order valence-corrected chi connectivity index (χ4v) is 7.32. The number of fused-ring (bicyclic) bond motifs is 4. The minimum absolute atomic E-state index is 0.852. The van der Waals surface area contributed by atoms with Gasteiger partial charge in [0.25, 0.3) is 0 Å². The van der Waals surface area contributed by atoms with E-state index in [1.165, 1.54) is 4.70 Å². The van der Waals surface area contributed by atoms with Gasteiger partial charge in [0.05, 0.1) is 21.4 Å². The van der Waals surface area contributed by atoms with Crippen LogP contribution in [0.5, 0.6) is 0 Å². The average molecular weight is 636 g/mol. The number of benzene rings is 7. The fourth-order valence-electron chi connectivity index (χ4n) is 6.67. The lowest BCUT2D eigenvalue weighted by Gasteiger charge is -2.28. The number of furan rings is 1. The Morgan fingerprint density at radius 1 is 0.458 bits per heavy atom. The molecule has 0 radical (unpaired) electrons. The number of aromatic nitrogens is 1. The molecule has 9 aromatic rings. The molecule has 2 aromatic heterocycles. The maximum Gasteiger partial charge on any atom is 0.136 e. The van der Waals surface area contributed by atoms with Crippen molar-refractivity contribution in [2.45, 2.75) is 0 Å². The van der Waals surface area contributed by atoms with Crippen molar-refractivity contribution in [1.29, 1.82) is 0 Å². The topological polar surface area (TPSA) is 32.5 Å². The molecule has 0 atom stereocenters. The van der Waals surface area contributed by atoms with Crippen molar-refractivity contribution in [3.63, 3.8) is 0 Å². The minimum atomic E-state index is 0.852. The molecule has 7 aromatic carbocycles. The van der Waals surface area contributed by atoms with Crippen molar-refractivity contribution < 1.29 is 4.42 Å². The quantitative estimate of drug-likeness (QED) is 0.174. The molecule has 9 rings (SSSR count). The van der Waals surface area contributed by atoms with Gasteiger partial charge in [0.1, 0.15) is 11.2 Å². The van der Waals surface area contributed by atoms with Crippen LogP contribution >= 0.6 is 11.3 Å². The van der Waals surface area contributed by atoms with Gasteiger partial charge in [0.15, 0.2) is 0 Å². The van der Waals surface area contributed by atoms with Gasteiger partial charge in [-0.25, -0.2) is 4.98 Å². The maximum absolute atomic E-state index is 6.54. The van der Waals surface area contributed by atoms with Gasteiger partial charge in [-0.3, -0.25) is 0 Å². The molecule has 4 nitrogen and oxygen atoms in total. The van der Waals surface area contributed by atoms with E-state index in [2.05, 4.69) is 185 Å². The third-order valence-corrected chi connectivity index (χ3v) is 9.60. The van der Waals surface area contributed by atoms with Gasteiger partial charge in [0.2, 0.25) is 0 Å². The summed E-state index contributed by atoms with van der Waals surface area (Å²) in [5.74, 6) is 0. The normalized spacial score (nSPS) is 11.3. The number of nitrogens with zero attached hydrogens (tertiary/aromatic N) is 3. The Morgan fingerprint density at radius 3 is 1.79 bits per heavy atom. The van der Waals surface area contributed by atoms with Crippen LogP contribution in [0.2, 0.25) is 0 Å². The predicted octanol–water partition coefficient (Wildman–Crippen LogP) is 12.8. The minimum Gasteiger partial charge on any atom is -0.456 e. The van der Waals surface area contributed by atoms with E-state index in [9.17, 15) is 0 Å². The second kappa shape index (κ2) is 11.9. The van der Waals surface area contributed by atoms with Gasteiger partial charge >= 0.3 is 0 Å². The van der Waals surface area contributed by atoms with E-state index in [0.717, 1.165) is 72.7 Å². The van der Waals surface area contributed by atoms with E-state index in [-0.39, 0.29) is 0 Å². The maximum atomic E-state index is 6.54. The van der Waals surface area contributed by atoms with Crippen LogP contribution in [0, 0.1) is 0 Å². The van der Waals surface area contributed by atoms with Crippen LogP contribution in [-0.2, 0) is 0 Å². The highest BCUT2D eigenvalue weighted by Gasteiger charge is 2.21. The Balaban J connectivity index is 1.26. The van der Waals surface area contributed by atoms with E-state index < -0.39 is 0 Å². The summed E-state index contributed by atoms with van der Waals surface area (Å²) < 4.78 is 7.71. The summed E-state index contributed by atoms with van der Waals surface area (Å²) in [6.45, 7) is 0. The van der Waals surface area contributed by atoms with Gasteiger partial charge in [-0.15, -0.1) is 11.3 Å². The predicted molar refractivity (Wildman–Crippen MR) is 202 cm³/mol. The number of hydrogen-bond donors (Lipinski definition) is 0. The van der Waals surface area contributed by atoms with Crippen LogP contribution in [0.4, 0.5) is 34.1 Å². The first-order chi connectivity index (χ1) is 23.8. The first kappa shape index (κ1) is 28.1. The first-order valence-electron chi connectivity index (χ1n) is 16.0. The number of para-hydroxylation sites is 4. The molecule has 0 spiro atoms. The van der Waals surface area contributed by atoms with Crippen LogP contribution in [0.1, 0.15) is 0 Å². The molecule has 0 aliphatic heterocycles. The number of thiazole rings is 1. The Kier molecular flexibility index (Phi) is 6.95. The van der Waals surface area contributed by atoms with Gasteiger partial charge in [-0.1, -0.05) is 84.9 Å². The molecule has 0 amide bonds. The summed E-state index contributed by atoms with van der Waals surface area (Å²) in [7, 11) is 0. The summed E-state index contributed by atoms with van der Waals surface area (Å²) in [5.41, 5.74) is 13.3. The SMILES string of the molecule is c1ccc(N(c2ccc3scnc3c2)c2ccc3oc4cccc(-c5ccccc5N(c5ccccc5)c5ccccc5)c4c3c2)cc1. The van der Waals surface area contributed by atoms with Crippen molar-refractivity contribution in [3.05, 3.63) is 175 Å². The second-order valence-corrected chi connectivity index (χ2v) is 12.5. The van der Waals surface area contributed by atoms with Crippen molar-refractivity contribution in [2.24, 2.45) is 0 Å². The monoisotopic (exact) mass is 635 g/mol. The molecule has 0 saturated carbocycles. The fraction of sp³-hybridized carbons (Fsp3) is 0. The molecule has 0 aliphatic carbocycles. The number of rotatable bonds is 7. The summed E-state index contributed by atoms with van der Waals surface area (Å²) in [4.78, 5) is 9.23. The standard InChI is InChI=1S/C43H29N3OS/c1-4-13-30(14-5-1)45(34-24-26-42-38(28-34)44-29-48-42)33-23-25-40-37(27-33)43-36(20-12-22-41(43)47-40)35-19-10-11-21-39(35)46(31-15-6-2-7-16-31)32-17-8-3-9-18-32/h1-29H. The Hall–Kier alpha value is -6.17. The van der Waals surface area contributed by atoms with Crippen molar-refractivity contribution >= 4 is 77.6 Å². The van der Waals surface area contributed by atoms with Crippen LogP contribution < -0.4 is 9.80 Å². The average Bonchev–Trinajstić information content (AvgIpc) is 3.78. The van der Waals surface area contributed by atoms with Crippen LogP contribution in [0.15, 0.2) is 180 Å². The Bertz CT molecular complexity index is 2480. The molecule has 0 N–H and O–H groups in total. The molecular formula is C43H29N3OS. The van der Waals surface area contributed by atoms with Crippen LogP contribution in [0.25, 0.3) is 43.3 Å². The van der Waals surface area contributed by atoms with Gasteiger partial charge in [0, 0.05) is 44.8 Å². The third kappa shape index (κ3) is 4.89. The first-order valence-corrected chi connectivity index (χ1v) is 16.8. The van der Waals surface area contributed by atoms with E-state index in [1.807, 2.05) is 5.51 Å². The van der Waals surface area contributed by atoms with Gasteiger partial charge in [-0.2, -0.15) is 0 Å². The molecule has 48 heavy (non-hydrogen) atoms. The van der Waals surface area contributed by atoms with Crippen molar-refractivity contribution in [3.8, 4) is 11.1 Å². The second-order valence-electron chi connectivity index (χ2n) is 11.7. The molecule has 2 heterocycles. The van der Waals surface area contributed by atoms with Gasteiger partial charge < -0.3 is 14.2 Å². The zero-order valence-corrected chi connectivity index (χ0v) is 26.7. The number of hydrogen-bond acceptors (Lipinski definition) is 5.